The van der Waals surface area contributed by atoms with Crippen LogP contribution < -0.4 is 15.4 Å². The van der Waals surface area contributed by atoms with Crippen LogP contribution in [0.25, 0.3) is 28.6 Å². The molecule has 7 rings (SSSR count). The molecule has 3 N–H and O–H groups in total. The summed E-state index contributed by atoms with van der Waals surface area (Å²) in [6.07, 6.45) is 0.739. The number of sulfonamides is 1. The van der Waals surface area contributed by atoms with Crippen molar-refractivity contribution in [3.63, 3.8) is 0 Å². The number of ether oxygens (including phenoxy) is 1. The zero-order valence-electron chi connectivity index (χ0n) is 32.2. The average molecular weight is 808 g/mol. The van der Waals surface area contributed by atoms with Crippen LogP contribution in [0, 0.1) is 17.3 Å². The number of benzene rings is 2. The largest absolute Gasteiger partial charge is 0.449 e. The van der Waals surface area contributed by atoms with Crippen LogP contribution in [0.2, 0.25) is 0 Å². The summed E-state index contributed by atoms with van der Waals surface area (Å²) in [6, 6.07) is 13.8. The number of carbonyl (C=O) groups excluding carboxylic acids is 4. The van der Waals surface area contributed by atoms with Gasteiger partial charge >= 0.3 is 6.09 Å². The molecule has 6 bridgehead atoms. The van der Waals surface area contributed by atoms with Crippen molar-refractivity contribution in [3.8, 4) is 22.5 Å². The van der Waals surface area contributed by atoms with E-state index in [1.807, 2.05) is 78.4 Å². The lowest BCUT2D eigenvalue weighted by Crippen LogP contribution is -2.60. The monoisotopic (exact) mass is 807 g/mol. The van der Waals surface area contributed by atoms with Crippen molar-refractivity contribution in [1.82, 2.24) is 35.2 Å². The highest BCUT2D eigenvalue weighted by molar-refractivity contribution is 7.91. The normalized spacial score (nSPS) is 27.4. The molecule has 4 aliphatic rings. The first-order valence-corrected chi connectivity index (χ1v) is 20.7. The molecule has 0 spiro atoms. The van der Waals surface area contributed by atoms with Gasteiger partial charge in [0.25, 0.3) is 5.91 Å². The third-order valence-corrected chi connectivity index (χ3v) is 12.8. The summed E-state index contributed by atoms with van der Waals surface area (Å²) in [4.78, 5) is 58.4. The molecule has 2 aromatic carbocycles. The van der Waals surface area contributed by atoms with E-state index in [1.165, 1.54) is 9.70 Å². The number of rotatable bonds is 7. The number of halogens is 2. The maximum atomic E-state index is 14.7. The average Bonchev–Trinajstić information content (AvgIpc) is 4.06. The Morgan fingerprint density at radius 3 is 2.35 bits per heavy atom. The summed E-state index contributed by atoms with van der Waals surface area (Å²) >= 11 is 0. The molecular formula is C40H47F2N7O7S. The first kappa shape index (κ1) is 40.0. The summed E-state index contributed by atoms with van der Waals surface area (Å²) in [5.41, 5.74) is 0.411. The van der Waals surface area contributed by atoms with Gasteiger partial charge in [-0.25, -0.2) is 22.0 Å². The Kier molecular flexibility index (Phi) is 10.7. The van der Waals surface area contributed by atoms with Gasteiger partial charge in [-0.15, -0.1) is 0 Å². The van der Waals surface area contributed by atoms with Gasteiger partial charge in [-0.3, -0.25) is 19.1 Å². The second-order valence-corrected chi connectivity index (χ2v) is 18.6. The first-order chi connectivity index (χ1) is 27.0. The molecule has 1 unspecified atom stereocenters. The second-order valence-electron chi connectivity index (χ2n) is 16.7. The number of amides is 4. The van der Waals surface area contributed by atoms with E-state index in [2.05, 4.69) is 10.6 Å². The molecule has 14 nitrogen and oxygen atoms in total. The van der Waals surface area contributed by atoms with Crippen molar-refractivity contribution in [1.29, 1.82) is 0 Å². The van der Waals surface area contributed by atoms with Crippen LogP contribution >= 0.6 is 0 Å². The number of fused-ring (bicyclic) bond motifs is 8. The zero-order chi connectivity index (χ0) is 40.9. The number of cyclic esters (lactones) is 1. The lowest BCUT2D eigenvalue weighted by atomic mass is 9.85. The molecule has 3 heterocycles. The van der Waals surface area contributed by atoms with Gasteiger partial charge in [-0.05, 0) is 48.6 Å². The molecule has 2 aliphatic carbocycles. The van der Waals surface area contributed by atoms with E-state index in [-0.39, 0.29) is 25.5 Å². The van der Waals surface area contributed by atoms with Crippen LogP contribution in [-0.4, -0.2) is 94.6 Å². The summed E-state index contributed by atoms with van der Waals surface area (Å²) < 4.78 is 61.3. The highest BCUT2D eigenvalue weighted by Crippen LogP contribution is 2.49. The van der Waals surface area contributed by atoms with Crippen LogP contribution in [0.5, 0.6) is 0 Å². The molecule has 1 saturated heterocycles. The van der Waals surface area contributed by atoms with Crippen LogP contribution in [0.3, 0.4) is 0 Å². The molecular weight excluding hydrogens is 761 g/mol. The summed E-state index contributed by atoms with van der Waals surface area (Å²) in [5, 5.41) is 14.2. The summed E-state index contributed by atoms with van der Waals surface area (Å²) in [6.45, 7) is 7.07. The minimum atomic E-state index is -4.14. The molecule has 4 amide bonds. The number of nitrogens with one attached hydrogen (secondary N) is 3. The van der Waals surface area contributed by atoms with Gasteiger partial charge in [-0.2, -0.15) is 15.0 Å². The molecule has 0 radical (unpaired) electrons. The highest BCUT2D eigenvalue weighted by Gasteiger charge is 2.67. The van der Waals surface area contributed by atoms with Gasteiger partial charge in [0.05, 0.1) is 23.8 Å². The predicted molar refractivity (Wildman–Crippen MR) is 206 cm³/mol. The predicted octanol–water partition coefficient (Wildman–Crippen LogP) is 4.70. The number of carbonyl (C=O) groups is 4. The molecule has 1 aromatic heterocycles. The van der Waals surface area contributed by atoms with Crippen molar-refractivity contribution in [3.05, 3.63) is 66.2 Å². The number of allylic oxidation sites excluding steroid dienone is 1. The van der Waals surface area contributed by atoms with Gasteiger partial charge in [0.15, 0.2) is 0 Å². The van der Waals surface area contributed by atoms with E-state index < -0.39 is 86.9 Å². The minimum Gasteiger partial charge on any atom is -0.449 e. The first-order valence-electron chi connectivity index (χ1n) is 19.2. The van der Waals surface area contributed by atoms with E-state index in [9.17, 15) is 36.4 Å². The van der Waals surface area contributed by atoms with Crippen molar-refractivity contribution < 1.29 is 41.1 Å². The van der Waals surface area contributed by atoms with Gasteiger partial charge in [0.1, 0.15) is 29.0 Å². The fraction of sp³-hybridized carbons (Fsp3) is 0.500. The quantitative estimate of drug-likeness (QED) is 0.305. The summed E-state index contributed by atoms with van der Waals surface area (Å²) in [7, 11) is -4.14. The van der Waals surface area contributed by atoms with Crippen molar-refractivity contribution in [2.45, 2.75) is 95.1 Å². The van der Waals surface area contributed by atoms with Crippen LogP contribution in [-0.2, 0) is 29.1 Å². The molecule has 3 fully saturated rings. The van der Waals surface area contributed by atoms with Crippen LogP contribution in [0.1, 0.15) is 71.4 Å². The maximum absolute atomic E-state index is 14.7. The third kappa shape index (κ3) is 8.43. The molecule has 2 saturated carbocycles. The van der Waals surface area contributed by atoms with Crippen LogP contribution in [0.15, 0.2) is 60.7 Å². The Hall–Kier alpha value is -5.19. The van der Waals surface area contributed by atoms with Crippen LogP contribution in [0.4, 0.5) is 13.6 Å². The fourth-order valence-electron chi connectivity index (χ4n) is 7.47. The number of alkyl halides is 2. The highest BCUT2D eigenvalue weighted by atomic mass is 32.2. The Morgan fingerprint density at radius 1 is 1.02 bits per heavy atom. The van der Waals surface area contributed by atoms with E-state index in [4.69, 9.17) is 14.9 Å². The fourth-order valence-corrected chi connectivity index (χ4v) is 8.83. The Bertz CT molecular complexity index is 2190. The maximum Gasteiger partial charge on any atom is 0.407 e. The topological polar surface area (TPSA) is 182 Å². The second kappa shape index (κ2) is 15.3. The number of alkyl carbamates (subject to hydrolysis) is 1. The molecule has 6 atom stereocenters. The standard InChI is InChI=1S/C40H47F2N7O7S/c1-23-10-8-11-24-12-9-15-26(18-24)32-31(25-13-6-5-7-14-25)45-49(46-32)27-19-30(48(21-27)36(51)33(39(2,3)4)43-38(53)56-22-23)35(50)44-40(20-29(40)34(41)42)37(52)47-57(54,55)28-16-17-28/h5-9,11-15,18,23,27-30,33-34H,10,16-17,19-22H2,1-4H3,(H,43,53)(H,44,50)(H,47,52)/b11-8+/t23-,27?,29+,30+,33-,40+/m1/s1. The van der Waals surface area contributed by atoms with Gasteiger partial charge < -0.3 is 20.3 Å². The summed E-state index contributed by atoms with van der Waals surface area (Å²) in [5.74, 6) is -4.56. The number of aromatic nitrogens is 3. The number of nitrogens with zero attached hydrogens (tertiary/aromatic N) is 4. The smallest absolute Gasteiger partial charge is 0.407 e. The molecule has 57 heavy (non-hydrogen) atoms. The van der Waals surface area contributed by atoms with E-state index in [0.29, 0.717) is 30.7 Å². The van der Waals surface area contributed by atoms with E-state index in [0.717, 1.165) is 16.7 Å². The minimum absolute atomic E-state index is 0.0622. The number of hydrogen-bond donors (Lipinski definition) is 3. The lowest BCUT2D eigenvalue weighted by molar-refractivity contribution is -0.143. The molecule has 3 aromatic rings. The lowest BCUT2D eigenvalue weighted by Gasteiger charge is -2.35. The van der Waals surface area contributed by atoms with Crippen molar-refractivity contribution in [2.75, 3.05) is 13.2 Å². The molecule has 17 heteroatoms. The Morgan fingerprint density at radius 2 is 1.70 bits per heavy atom. The molecule has 2 aliphatic heterocycles. The van der Waals surface area contributed by atoms with Crippen molar-refractivity contribution >= 4 is 39.9 Å². The van der Waals surface area contributed by atoms with E-state index >= 15 is 0 Å². The zero-order valence-corrected chi connectivity index (χ0v) is 33.0. The van der Waals surface area contributed by atoms with Gasteiger partial charge in [-0.1, -0.05) is 88.4 Å². The van der Waals surface area contributed by atoms with E-state index in [1.54, 1.807) is 20.8 Å². The Balaban J connectivity index is 1.29. The SMILES string of the molecule is C[C@@H]1C/C=C/c2cccc(c2)-c2nn(nc2-c2ccccc2)C2C[C@@H](C(=O)N[C@@]3(C(=O)NS(=O)(=O)C4CC4)C[C@H]3C(F)F)N(C2)C(=O)[C@H](C(C)(C)C)NC(=O)OC1. The van der Waals surface area contributed by atoms with Crippen molar-refractivity contribution in [2.24, 2.45) is 17.3 Å². The van der Waals surface area contributed by atoms with Gasteiger partial charge in [0.2, 0.25) is 28.3 Å². The Labute approximate surface area is 329 Å². The third-order valence-electron chi connectivity index (χ3n) is 11.0. The van der Waals surface area contributed by atoms with Gasteiger partial charge in [0, 0.05) is 24.1 Å². The number of hydrogen-bond acceptors (Lipinski definition) is 9. The molecule has 304 valence electrons.